The van der Waals surface area contributed by atoms with E-state index in [1.807, 2.05) is 0 Å². The van der Waals surface area contributed by atoms with E-state index in [2.05, 4.69) is 10.6 Å². The van der Waals surface area contributed by atoms with E-state index >= 15 is 0 Å². The first-order valence-electron chi connectivity index (χ1n) is 8.20. The van der Waals surface area contributed by atoms with Gasteiger partial charge in [0.2, 0.25) is 5.91 Å². The molecule has 2 aromatic rings. The number of carbonyl (C=O) groups is 2. The summed E-state index contributed by atoms with van der Waals surface area (Å²) in [6.07, 6.45) is -0.315. The lowest BCUT2D eigenvalue weighted by Gasteiger charge is -2.19. The van der Waals surface area contributed by atoms with Crippen LogP contribution < -0.4 is 15.4 Å². The second-order valence-electron chi connectivity index (χ2n) is 6.19. The summed E-state index contributed by atoms with van der Waals surface area (Å²) in [7, 11) is -3.89. The minimum atomic E-state index is -3.89. The third kappa shape index (κ3) is 4.42. The lowest BCUT2D eigenvalue weighted by atomic mass is 10.2. The molecule has 1 heterocycles. The van der Waals surface area contributed by atoms with E-state index in [0.29, 0.717) is 11.3 Å². The Morgan fingerprint density at radius 2 is 2.07 bits per heavy atom. The maximum Gasteiger partial charge on any atom is 0.262 e. The molecule has 2 N–H and O–H groups in total. The highest BCUT2D eigenvalue weighted by atomic mass is 35.5. The van der Waals surface area contributed by atoms with E-state index in [4.69, 9.17) is 16.3 Å². The number of hydrogen-bond acceptors (Lipinski definition) is 5. The van der Waals surface area contributed by atoms with Gasteiger partial charge in [-0.2, -0.15) is 0 Å². The number of anilines is 2. The smallest absolute Gasteiger partial charge is 0.262 e. The lowest BCUT2D eigenvalue weighted by molar-refractivity contribution is -0.118. The topological polar surface area (TPSA) is 102 Å². The Morgan fingerprint density at radius 1 is 1.32 bits per heavy atom. The molecular formula is C18H16ClFN2O5S. The van der Waals surface area contributed by atoms with Crippen LogP contribution in [0.1, 0.15) is 12.0 Å². The van der Waals surface area contributed by atoms with Gasteiger partial charge < -0.3 is 15.4 Å². The number of amides is 2. The predicted molar refractivity (Wildman–Crippen MR) is 102 cm³/mol. The number of halogens is 2. The maximum atomic E-state index is 13.1. The summed E-state index contributed by atoms with van der Waals surface area (Å²) in [4.78, 5) is 23.2. The Hall–Kier alpha value is -2.65. The van der Waals surface area contributed by atoms with Crippen molar-refractivity contribution in [3.8, 4) is 5.75 Å². The molecule has 148 valence electrons. The lowest BCUT2D eigenvalue weighted by Crippen LogP contribution is -2.25. The molecule has 28 heavy (non-hydrogen) atoms. The van der Waals surface area contributed by atoms with E-state index in [9.17, 15) is 22.4 Å². The first-order chi connectivity index (χ1) is 13.2. The van der Waals surface area contributed by atoms with E-state index in [1.54, 1.807) is 6.92 Å². The Labute approximate surface area is 165 Å². The van der Waals surface area contributed by atoms with Crippen LogP contribution >= 0.6 is 11.6 Å². The van der Waals surface area contributed by atoms with Gasteiger partial charge in [0.1, 0.15) is 11.6 Å². The minimum Gasteiger partial charge on any atom is -0.482 e. The standard InChI is InChI=1S/C18H16ClFN2O5S/c1-10-6-11(20)2-3-13(10)21-17(23)4-5-28(25,26)16-8-15-14(7-12(16)19)22-18(24)9-27-15/h2-3,6-8H,4-5,9H2,1H3,(H,21,23)(H,22,24). The van der Waals surface area contributed by atoms with Crippen molar-refractivity contribution >= 4 is 44.6 Å². The number of benzene rings is 2. The summed E-state index contributed by atoms with van der Waals surface area (Å²) in [5.74, 6) is -1.63. The van der Waals surface area contributed by atoms with Crippen LogP contribution in [0.15, 0.2) is 35.2 Å². The average molecular weight is 427 g/mol. The van der Waals surface area contributed by atoms with Gasteiger partial charge >= 0.3 is 0 Å². The molecular weight excluding hydrogens is 411 g/mol. The van der Waals surface area contributed by atoms with Crippen LogP contribution in [-0.4, -0.2) is 32.6 Å². The molecule has 7 nitrogen and oxygen atoms in total. The summed E-state index contributed by atoms with van der Waals surface area (Å²) in [6.45, 7) is 1.40. The number of carbonyl (C=O) groups excluding carboxylic acids is 2. The van der Waals surface area contributed by atoms with Crippen molar-refractivity contribution in [1.82, 2.24) is 0 Å². The SMILES string of the molecule is Cc1cc(F)ccc1NC(=O)CCS(=O)(=O)c1cc2c(cc1Cl)NC(=O)CO2. The Morgan fingerprint density at radius 3 is 2.79 bits per heavy atom. The van der Waals surface area contributed by atoms with Gasteiger partial charge in [-0.05, 0) is 36.8 Å². The predicted octanol–water partition coefficient (Wildman–Crippen LogP) is 2.92. The van der Waals surface area contributed by atoms with Gasteiger partial charge in [0, 0.05) is 18.2 Å². The monoisotopic (exact) mass is 426 g/mol. The van der Waals surface area contributed by atoms with Crippen molar-refractivity contribution in [1.29, 1.82) is 0 Å². The first-order valence-corrected chi connectivity index (χ1v) is 10.2. The van der Waals surface area contributed by atoms with Crippen molar-refractivity contribution in [2.75, 3.05) is 23.0 Å². The van der Waals surface area contributed by atoms with Gasteiger partial charge in [0.05, 0.1) is 21.4 Å². The molecule has 3 rings (SSSR count). The molecule has 0 saturated carbocycles. The fourth-order valence-corrected chi connectivity index (χ4v) is 4.47. The molecule has 2 amide bonds. The van der Waals surface area contributed by atoms with Gasteiger partial charge in [-0.3, -0.25) is 9.59 Å². The molecule has 0 aromatic heterocycles. The second kappa shape index (κ2) is 7.76. The van der Waals surface area contributed by atoms with Gasteiger partial charge in [0.25, 0.3) is 5.91 Å². The molecule has 1 aliphatic heterocycles. The maximum absolute atomic E-state index is 13.1. The van der Waals surface area contributed by atoms with Gasteiger partial charge in [-0.15, -0.1) is 0 Å². The normalized spacial score (nSPS) is 13.3. The zero-order valence-electron chi connectivity index (χ0n) is 14.7. The number of ether oxygens (including phenoxy) is 1. The Bertz CT molecular complexity index is 1070. The van der Waals surface area contributed by atoms with E-state index in [0.717, 1.165) is 0 Å². The summed E-state index contributed by atoms with van der Waals surface area (Å²) < 4.78 is 43.6. The van der Waals surface area contributed by atoms with E-state index in [1.165, 1.54) is 30.3 Å². The molecule has 2 aromatic carbocycles. The molecule has 10 heteroatoms. The Kier molecular flexibility index (Phi) is 5.57. The first kappa shape index (κ1) is 20.1. The third-order valence-electron chi connectivity index (χ3n) is 4.06. The van der Waals surface area contributed by atoms with Crippen LogP contribution in [-0.2, 0) is 19.4 Å². The Balaban J connectivity index is 1.71. The zero-order chi connectivity index (χ0) is 20.5. The number of fused-ring (bicyclic) bond motifs is 1. The number of aryl methyl sites for hydroxylation is 1. The van der Waals surface area contributed by atoms with Gasteiger partial charge in [-0.25, -0.2) is 12.8 Å². The highest BCUT2D eigenvalue weighted by molar-refractivity contribution is 7.91. The molecule has 0 atom stereocenters. The highest BCUT2D eigenvalue weighted by Crippen LogP contribution is 2.36. The molecule has 0 unspecified atom stereocenters. The fourth-order valence-electron chi connectivity index (χ4n) is 2.64. The average Bonchev–Trinajstić information content (AvgIpc) is 2.61. The van der Waals surface area contributed by atoms with Crippen LogP contribution in [0, 0.1) is 12.7 Å². The molecule has 0 aliphatic carbocycles. The van der Waals surface area contributed by atoms with Crippen LogP contribution in [0.2, 0.25) is 5.02 Å². The molecule has 1 aliphatic rings. The van der Waals surface area contributed by atoms with Crippen molar-refractivity contribution in [2.24, 2.45) is 0 Å². The summed E-state index contributed by atoms with van der Waals surface area (Å²) in [5.41, 5.74) is 1.21. The largest absolute Gasteiger partial charge is 0.482 e. The number of hydrogen-bond donors (Lipinski definition) is 2. The van der Waals surface area contributed by atoms with Crippen molar-refractivity contribution in [2.45, 2.75) is 18.2 Å². The van der Waals surface area contributed by atoms with Crippen molar-refractivity contribution in [3.63, 3.8) is 0 Å². The van der Waals surface area contributed by atoms with E-state index in [-0.39, 0.29) is 40.3 Å². The van der Waals surface area contributed by atoms with E-state index < -0.39 is 27.3 Å². The number of rotatable bonds is 5. The van der Waals surface area contributed by atoms with Gasteiger partial charge in [0.15, 0.2) is 16.4 Å². The third-order valence-corrected chi connectivity index (χ3v) is 6.24. The van der Waals surface area contributed by atoms with Crippen LogP contribution in [0.5, 0.6) is 5.75 Å². The number of sulfone groups is 1. The van der Waals surface area contributed by atoms with Crippen molar-refractivity contribution < 1.29 is 27.1 Å². The van der Waals surface area contributed by atoms with Crippen LogP contribution in [0.25, 0.3) is 0 Å². The number of nitrogens with one attached hydrogen (secondary N) is 2. The quantitative estimate of drug-likeness (QED) is 0.765. The van der Waals surface area contributed by atoms with Gasteiger partial charge in [-0.1, -0.05) is 11.6 Å². The molecule has 0 fully saturated rings. The minimum absolute atomic E-state index is 0.0839. The molecule has 0 radical (unpaired) electrons. The molecule has 0 spiro atoms. The summed E-state index contributed by atoms with van der Waals surface area (Å²) in [6, 6.07) is 6.39. The second-order valence-corrected chi connectivity index (χ2v) is 8.68. The zero-order valence-corrected chi connectivity index (χ0v) is 16.3. The fraction of sp³-hybridized carbons (Fsp3) is 0.222. The van der Waals surface area contributed by atoms with Crippen molar-refractivity contribution in [3.05, 3.63) is 46.7 Å². The molecule has 0 saturated heterocycles. The summed E-state index contributed by atoms with van der Waals surface area (Å²) in [5, 5.41) is 5.00. The van der Waals surface area contributed by atoms with Crippen LogP contribution in [0.4, 0.5) is 15.8 Å². The summed E-state index contributed by atoms with van der Waals surface area (Å²) >= 11 is 6.05. The molecule has 0 bridgehead atoms. The van der Waals surface area contributed by atoms with Crippen LogP contribution in [0.3, 0.4) is 0 Å². The highest BCUT2D eigenvalue weighted by Gasteiger charge is 2.25.